The van der Waals surface area contributed by atoms with E-state index in [1.807, 2.05) is 11.8 Å². The van der Waals surface area contributed by atoms with Crippen molar-refractivity contribution in [2.24, 2.45) is 0 Å². The SMILES string of the molecule is CCSCC(C)Nc1ccc(C(=O)N(C)C)nn1. The van der Waals surface area contributed by atoms with E-state index >= 15 is 0 Å². The molecule has 0 bridgehead atoms. The number of rotatable bonds is 6. The molecule has 1 aromatic heterocycles. The predicted molar refractivity (Wildman–Crippen MR) is 76.1 cm³/mol. The number of carbonyl (C=O) groups is 1. The van der Waals surface area contributed by atoms with Crippen molar-refractivity contribution in [3.63, 3.8) is 0 Å². The highest BCUT2D eigenvalue weighted by Gasteiger charge is 2.10. The molecule has 1 atom stereocenters. The minimum Gasteiger partial charge on any atom is -0.365 e. The van der Waals surface area contributed by atoms with Crippen LogP contribution >= 0.6 is 11.8 Å². The minimum absolute atomic E-state index is 0.136. The highest BCUT2D eigenvalue weighted by molar-refractivity contribution is 7.99. The van der Waals surface area contributed by atoms with Crippen LogP contribution in [-0.2, 0) is 0 Å². The summed E-state index contributed by atoms with van der Waals surface area (Å²) in [6, 6.07) is 3.81. The van der Waals surface area contributed by atoms with Gasteiger partial charge in [0.2, 0.25) is 0 Å². The van der Waals surface area contributed by atoms with E-state index < -0.39 is 0 Å². The molecule has 1 heterocycles. The summed E-state index contributed by atoms with van der Waals surface area (Å²) in [5.74, 6) is 2.70. The van der Waals surface area contributed by atoms with E-state index in [2.05, 4.69) is 29.4 Å². The van der Waals surface area contributed by atoms with Gasteiger partial charge in [-0.1, -0.05) is 6.92 Å². The molecule has 5 nitrogen and oxygen atoms in total. The second kappa shape index (κ2) is 7.20. The lowest BCUT2D eigenvalue weighted by molar-refractivity contribution is 0.0821. The minimum atomic E-state index is -0.136. The summed E-state index contributed by atoms with van der Waals surface area (Å²) < 4.78 is 0. The quantitative estimate of drug-likeness (QED) is 0.851. The molecular weight excluding hydrogens is 248 g/mol. The molecule has 1 N–H and O–H groups in total. The summed E-state index contributed by atoms with van der Waals surface area (Å²) >= 11 is 1.88. The van der Waals surface area contributed by atoms with Gasteiger partial charge in [0.05, 0.1) is 0 Å². The molecule has 0 spiro atoms. The van der Waals surface area contributed by atoms with E-state index in [9.17, 15) is 4.79 Å². The molecule has 0 saturated heterocycles. The number of hydrogen-bond donors (Lipinski definition) is 1. The fraction of sp³-hybridized carbons (Fsp3) is 0.583. The number of hydrogen-bond acceptors (Lipinski definition) is 5. The number of nitrogens with one attached hydrogen (secondary N) is 1. The lowest BCUT2D eigenvalue weighted by Crippen LogP contribution is -2.24. The summed E-state index contributed by atoms with van der Waals surface area (Å²) in [4.78, 5) is 13.1. The molecule has 1 aromatic rings. The van der Waals surface area contributed by atoms with E-state index in [1.54, 1.807) is 26.2 Å². The number of nitrogens with zero attached hydrogens (tertiary/aromatic N) is 3. The Kier molecular flexibility index (Phi) is 5.91. The van der Waals surface area contributed by atoms with Crippen molar-refractivity contribution in [1.29, 1.82) is 0 Å². The van der Waals surface area contributed by atoms with Gasteiger partial charge in [0, 0.05) is 25.9 Å². The topological polar surface area (TPSA) is 58.1 Å². The molecule has 0 aliphatic carbocycles. The molecule has 1 amide bonds. The van der Waals surface area contributed by atoms with Gasteiger partial charge in [-0.05, 0) is 24.8 Å². The molecule has 0 radical (unpaired) electrons. The lowest BCUT2D eigenvalue weighted by Gasteiger charge is -2.13. The Balaban J connectivity index is 2.57. The summed E-state index contributed by atoms with van der Waals surface area (Å²) in [6.07, 6.45) is 0. The number of aromatic nitrogens is 2. The van der Waals surface area contributed by atoms with Gasteiger partial charge in [0.15, 0.2) is 5.69 Å². The number of amides is 1. The van der Waals surface area contributed by atoms with Gasteiger partial charge in [-0.25, -0.2) is 0 Å². The molecule has 0 fully saturated rings. The van der Waals surface area contributed by atoms with Gasteiger partial charge in [-0.3, -0.25) is 4.79 Å². The van der Waals surface area contributed by atoms with Gasteiger partial charge >= 0.3 is 0 Å². The fourth-order valence-corrected chi connectivity index (χ4v) is 2.01. The molecule has 0 aliphatic heterocycles. The number of anilines is 1. The summed E-state index contributed by atoms with van der Waals surface area (Å²) in [6.45, 7) is 4.24. The second-order valence-corrected chi connectivity index (χ2v) is 5.53. The van der Waals surface area contributed by atoms with Gasteiger partial charge in [0.1, 0.15) is 5.82 Å². The smallest absolute Gasteiger partial charge is 0.273 e. The Morgan fingerprint density at radius 3 is 2.67 bits per heavy atom. The van der Waals surface area contributed by atoms with Gasteiger partial charge < -0.3 is 10.2 Å². The van der Waals surface area contributed by atoms with Crippen molar-refractivity contribution in [2.75, 3.05) is 30.9 Å². The van der Waals surface area contributed by atoms with Crippen molar-refractivity contribution in [3.05, 3.63) is 17.8 Å². The third kappa shape index (κ3) is 4.52. The normalized spacial score (nSPS) is 12.0. The van der Waals surface area contributed by atoms with E-state index in [4.69, 9.17) is 0 Å². The van der Waals surface area contributed by atoms with Crippen molar-refractivity contribution in [1.82, 2.24) is 15.1 Å². The van der Waals surface area contributed by atoms with Crippen LogP contribution in [0, 0.1) is 0 Å². The van der Waals surface area contributed by atoms with Crippen molar-refractivity contribution in [2.45, 2.75) is 19.9 Å². The lowest BCUT2D eigenvalue weighted by atomic mass is 10.3. The number of thioether (sulfide) groups is 1. The van der Waals surface area contributed by atoms with E-state index in [1.165, 1.54) is 4.90 Å². The Bertz CT molecular complexity index is 380. The Morgan fingerprint density at radius 2 is 2.17 bits per heavy atom. The molecule has 1 unspecified atom stereocenters. The summed E-state index contributed by atoms with van der Waals surface area (Å²) in [5.41, 5.74) is 0.362. The fourth-order valence-electron chi connectivity index (χ4n) is 1.34. The monoisotopic (exact) mass is 268 g/mol. The van der Waals surface area contributed by atoms with Gasteiger partial charge in [-0.15, -0.1) is 10.2 Å². The second-order valence-electron chi connectivity index (χ2n) is 4.21. The first kappa shape index (κ1) is 14.8. The third-order valence-electron chi connectivity index (χ3n) is 2.26. The molecule has 18 heavy (non-hydrogen) atoms. The Hall–Kier alpha value is -1.30. The summed E-state index contributed by atoms with van der Waals surface area (Å²) in [5, 5.41) is 11.2. The molecule has 1 rings (SSSR count). The first-order valence-corrected chi connectivity index (χ1v) is 7.09. The van der Waals surface area contributed by atoms with Crippen LogP contribution in [0.1, 0.15) is 24.3 Å². The standard InChI is InChI=1S/C12H20N4OS/c1-5-18-8-9(2)13-11-7-6-10(14-15-11)12(17)16(3)4/h6-7,9H,5,8H2,1-4H3,(H,13,15). The first-order chi connectivity index (χ1) is 8.54. The van der Waals surface area contributed by atoms with Crippen LogP contribution in [0.15, 0.2) is 12.1 Å². The van der Waals surface area contributed by atoms with Crippen molar-refractivity contribution >= 4 is 23.5 Å². The Labute approximate surface area is 112 Å². The van der Waals surface area contributed by atoms with E-state index in [-0.39, 0.29) is 5.91 Å². The van der Waals surface area contributed by atoms with Crippen LogP contribution in [0.3, 0.4) is 0 Å². The van der Waals surface area contributed by atoms with E-state index in [0.717, 1.165) is 11.5 Å². The van der Waals surface area contributed by atoms with Crippen LogP contribution in [-0.4, -0.2) is 52.6 Å². The molecule has 0 saturated carbocycles. The highest BCUT2D eigenvalue weighted by atomic mass is 32.2. The molecule has 6 heteroatoms. The molecular formula is C12H20N4OS. The zero-order valence-electron chi connectivity index (χ0n) is 11.3. The van der Waals surface area contributed by atoms with E-state index in [0.29, 0.717) is 17.6 Å². The maximum absolute atomic E-state index is 11.6. The number of carbonyl (C=O) groups excluding carboxylic acids is 1. The third-order valence-corrected chi connectivity index (χ3v) is 3.40. The van der Waals surface area contributed by atoms with Gasteiger partial charge in [-0.2, -0.15) is 11.8 Å². The Morgan fingerprint density at radius 1 is 1.44 bits per heavy atom. The zero-order valence-corrected chi connectivity index (χ0v) is 12.1. The maximum atomic E-state index is 11.6. The zero-order chi connectivity index (χ0) is 13.5. The van der Waals surface area contributed by atoms with Crippen molar-refractivity contribution < 1.29 is 4.79 Å². The van der Waals surface area contributed by atoms with Crippen LogP contribution in [0.2, 0.25) is 0 Å². The summed E-state index contributed by atoms with van der Waals surface area (Å²) in [7, 11) is 3.39. The van der Waals surface area contributed by atoms with Crippen LogP contribution in [0.4, 0.5) is 5.82 Å². The van der Waals surface area contributed by atoms with Gasteiger partial charge in [0.25, 0.3) is 5.91 Å². The maximum Gasteiger partial charge on any atom is 0.273 e. The highest BCUT2D eigenvalue weighted by Crippen LogP contribution is 2.08. The average molecular weight is 268 g/mol. The van der Waals surface area contributed by atoms with Crippen LogP contribution in [0.25, 0.3) is 0 Å². The molecule has 100 valence electrons. The van der Waals surface area contributed by atoms with Crippen molar-refractivity contribution in [3.8, 4) is 0 Å². The average Bonchev–Trinajstić information content (AvgIpc) is 2.36. The molecule has 0 aliphatic rings. The predicted octanol–water partition coefficient (Wildman–Crippen LogP) is 1.73. The van der Waals surface area contributed by atoms with Crippen LogP contribution < -0.4 is 5.32 Å². The van der Waals surface area contributed by atoms with Crippen LogP contribution in [0.5, 0.6) is 0 Å². The molecule has 0 aromatic carbocycles. The first-order valence-electron chi connectivity index (χ1n) is 5.94. The largest absolute Gasteiger partial charge is 0.365 e.